The minimum atomic E-state index is -0.384. The van der Waals surface area contributed by atoms with Gasteiger partial charge in [-0.3, -0.25) is 9.59 Å². The molecule has 0 aliphatic rings. The predicted octanol–water partition coefficient (Wildman–Crippen LogP) is 3.69. The van der Waals surface area contributed by atoms with E-state index in [1.165, 1.54) is 0 Å². The number of benzene rings is 2. The van der Waals surface area contributed by atoms with Gasteiger partial charge in [-0.25, -0.2) is 0 Å². The molecule has 126 valence electrons. The maximum absolute atomic E-state index is 12.2. The van der Waals surface area contributed by atoms with Crippen molar-refractivity contribution in [1.29, 1.82) is 0 Å². The molecular weight excluding hydrogens is 326 g/mol. The molecule has 0 saturated heterocycles. The van der Waals surface area contributed by atoms with Crippen LogP contribution in [-0.2, 0) is 20.9 Å². The average molecular weight is 346 g/mol. The van der Waals surface area contributed by atoms with Gasteiger partial charge in [-0.1, -0.05) is 61.0 Å². The van der Waals surface area contributed by atoms with Crippen LogP contribution in [0, 0.1) is 0 Å². The van der Waals surface area contributed by atoms with E-state index in [1.807, 2.05) is 49.4 Å². The zero-order valence-corrected chi connectivity index (χ0v) is 14.3. The SMILES string of the molecule is CCC(C(=O)OCC(=O)NCc1ccc(Cl)cc1)c1ccccc1. The second kappa shape index (κ2) is 9.08. The number of carbonyl (C=O) groups is 2. The van der Waals surface area contributed by atoms with E-state index in [9.17, 15) is 9.59 Å². The molecule has 0 saturated carbocycles. The van der Waals surface area contributed by atoms with E-state index in [-0.39, 0.29) is 24.4 Å². The Hall–Kier alpha value is -2.33. The summed E-state index contributed by atoms with van der Waals surface area (Å²) in [5, 5.41) is 3.36. The summed E-state index contributed by atoms with van der Waals surface area (Å²) < 4.78 is 5.15. The maximum Gasteiger partial charge on any atom is 0.313 e. The number of hydrogen-bond donors (Lipinski definition) is 1. The molecule has 1 N–H and O–H groups in total. The first-order valence-electron chi connectivity index (χ1n) is 7.83. The van der Waals surface area contributed by atoms with Gasteiger partial charge < -0.3 is 10.1 Å². The van der Waals surface area contributed by atoms with Crippen molar-refractivity contribution in [2.24, 2.45) is 0 Å². The van der Waals surface area contributed by atoms with Gasteiger partial charge in [0.1, 0.15) is 0 Å². The summed E-state index contributed by atoms with van der Waals surface area (Å²) in [6.07, 6.45) is 0.620. The Kier molecular flexibility index (Phi) is 6.82. The number of hydrogen-bond acceptors (Lipinski definition) is 3. The van der Waals surface area contributed by atoms with Gasteiger partial charge in [0.25, 0.3) is 5.91 Å². The normalized spacial score (nSPS) is 11.6. The fraction of sp³-hybridized carbons (Fsp3) is 0.263. The minimum absolute atomic E-state index is 0.282. The Morgan fingerprint density at radius 2 is 1.75 bits per heavy atom. The summed E-state index contributed by atoms with van der Waals surface area (Å²) in [6, 6.07) is 16.6. The van der Waals surface area contributed by atoms with Crippen LogP contribution in [0.2, 0.25) is 5.02 Å². The molecule has 0 radical (unpaired) electrons. The Bertz CT molecular complexity index is 671. The second-order valence-electron chi connectivity index (χ2n) is 5.38. The number of amides is 1. The standard InChI is InChI=1S/C19H20ClNO3/c1-2-17(15-6-4-3-5-7-15)19(23)24-13-18(22)21-12-14-8-10-16(20)11-9-14/h3-11,17H,2,12-13H2,1H3,(H,21,22). The average Bonchev–Trinajstić information content (AvgIpc) is 2.61. The van der Waals surface area contributed by atoms with E-state index in [4.69, 9.17) is 16.3 Å². The van der Waals surface area contributed by atoms with Gasteiger partial charge in [0.15, 0.2) is 6.61 Å². The van der Waals surface area contributed by atoms with Crippen molar-refractivity contribution in [3.05, 3.63) is 70.7 Å². The molecule has 5 heteroatoms. The number of ether oxygens (including phenoxy) is 1. The first kappa shape index (κ1) is 18.0. The van der Waals surface area contributed by atoms with Gasteiger partial charge in [-0.05, 0) is 29.7 Å². The number of nitrogens with one attached hydrogen (secondary N) is 1. The Labute approximate surface area is 146 Å². The van der Waals surface area contributed by atoms with Crippen molar-refractivity contribution >= 4 is 23.5 Å². The van der Waals surface area contributed by atoms with Gasteiger partial charge in [-0.15, -0.1) is 0 Å². The van der Waals surface area contributed by atoms with Gasteiger partial charge in [0, 0.05) is 11.6 Å². The lowest BCUT2D eigenvalue weighted by molar-refractivity contribution is -0.150. The molecular formula is C19H20ClNO3. The predicted molar refractivity (Wildman–Crippen MR) is 93.7 cm³/mol. The first-order chi connectivity index (χ1) is 11.6. The van der Waals surface area contributed by atoms with E-state index in [0.29, 0.717) is 18.0 Å². The van der Waals surface area contributed by atoms with Crippen molar-refractivity contribution in [1.82, 2.24) is 5.32 Å². The summed E-state index contributed by atoms with van der Waals surface area (Å²) in [6.45, 7) is 2.00. The van der Waals surface area contributed by atoms with Crippen molar-refractivity contribution in [2.75, 3.05) is 6.61 Å². The summed E-state index contributed by atoms with van der Waals surface area (Å²) in [7, 11) is 0. The zero-order chi connectivity index (χ0) is 17.4. The molecule has 1 amide bonds. The third-order valence-corrected chi connectivity index (χ3v) is 3.90. The van der Waals surface area contributed by atoms with Crippen LogP contribution in [0.5, 0.6) is 0 Å². The molecule has 0 aromatic heterocycles. The summed E-state index contributed by atoms with van der Waals surface area (Å²) in [5.74, 6) is -1.07. The number of esters is 1. The molecule has 2 rings (SSSR count). The largest absolute Gasteiger partial charge is 0.455 e. The monoisotopic (exact) mass is 345 g/mol. The Balaban J connectivity index is 1.80. The smallest absolute Gasteiger partial charge is 0.313 e. The van der Waals surface area contributed by atoms with Gasteiger partial charge in [-0.2, -0.15) is 0 Å². The van der Waals surface area contributed by atoms with E-state index >= 15 is 0 Å². The molecule has 2 aromatic rings. The zero-order valence-electron chi connectivity index (χ0n) is 13.5. The number of carbonyl (C=O) groups excluding carboxylic acids is 2. The fourth-order valence-electron chi connectivity index (χ4n) is 2.32. The highest BCUT2D eigenvalue weighted by atomic mass is 35.5. The first-order valence-corrected chi connectivity index (χ1v) is 8.20. The highest BCUT2D eigenvalue weighted by molar-refractivity contribution is 6.30. The van der Waals surface area contributed by atoms with E-state index < -0.39 is 0 Å². The third-order valence-electron chi connectivity index (χ3n) is 3.64. The quantitative estimate of drug-likeness (QED) is 0.778. The molecule has 0 spiro atoms. The molecule has 0 aliphatic heterocycles. The van der Waals surface area contributed by atoms with Crippen molar-refractivity contribution < 1.29 is 14.3 Å². The van der Waals surface area contributed by atoms with Gasteiger partial charge in [0.2, 0.25) is 0 Å². The van der Waals surface area contributed by atoms with E-state index in [0.717, 1.165) is 11.1 Å². The van der Waals surface area contributed by atoms with Crippen LogP contribution in [0.1, 0.15) is 30.4 Å². The van der Waals surface area contributed by atoms with Crippen molar-refractivity contribution in [2.45, 2.75) is 25.8 Å². The molecule has 24 heavy (non-hydrogen) atoms. The van der Waals surface area contributed by atoms with Crippen LogP contribution in [-0.4, -0.2) is 18.5 Å². The van der Waals surface area contributed by atoms with Gasteiger partial charge in [0.05, 0.1) is 5.92 Å². The lowest BCUT2D eigenvalue weighted by Gasteiger charge is -2.14. The van der Waals surface area contributed by atoms with Crippen LogP contribution in [0.4, 0.5) is 0 Å². The van der Waals surface area contributed by atoms with Crippen molar-refractivity contribution in [3.63, 3.8) is 0 Å². The summed E-state index contributed by atoms with van der Waals surface area (Å²) in [5.41, 5.74) is 1.82. The van der Waals surface area contributed by atoms with Crippen molar-refractivity contribution in [3.8, 4) is 0 Å². The highest BCUT2D eigenvalue weighted by Crippen LogP contribution is 2.20. The molecule has 0 bridgehead atoms. The topological polar surface area (TPSA) is 55.4 Å². The fourth-order valence-corrected chi connectivity index (χ4v) is 2.44. The molecule has 0 heterocycles. The lowest BCUT2D eigenvalue weighted by Crippen LogP contribution is -2.29. The molecule has 0 fully saturated rings. The molecule has 4 nitrogen and oxygen atoms in total. The van der Waals surface area contributed by atoms with Crippen LogP contribution < -0.4 is 5.32 Å². The van der Waals surface area contributed by atoms with Gasteiger partial charge >= 0.3 is 5.97 Å². The minimum Gasteiger partial charge on any atom is -0.455 e. The molecule has 1 unspecified atom stereocenters. The highest BCUT2D eigenvalue weighted by Gasteiger charge is 2.20. The molecule has 1 atom stereocenters. The number of halogens is 1. The Morgan fingerprint density at radius 1 is 1.08 bits per heavy atom. The molecule has 2 aromatic carbocycles. The Morgan fingerprint density at radius 3 is 2.38 bits per heavy atom. The third kappa shape index (κ3) is 5.39. The summed E-state index contributed by atoms with van der Waals surface area (Å²) in [4.78, 5) is 24.0. The summed E-state index contributed by atoms with van der Waals surface area (Å²) >= 11 is 5.81. The second-order valence-corrected chi connectivity index (χ2v) is 5.82. The van der Waals surface area contributed by atoms with Crippen LogP contribution in [0.25, 0.3) is 0 Å². The van der Waals surface area contributed by atoms with Crippen LogP contribution >= 0.6 is 11.6 Å². The maximum atomic E-state index is 12.2. The number of rotatable bonds is 7. The lowest BCUT2D eigenvalue weighted by atomic mass is 9.97. The van der Waals surface area contributed by atoms with Crippen LogP contribution in [0.3, 0.4) is 0 Å². The van der Waals surface area contributed by atoms with E-state index in [2.05, 4.69) is 5.32 Å². The molecule has 0 aliphatic carbocycles. The van der Waals surface area contributed by atoms with Crippen LogP contribution in [0.15, 0.2) is 54.6 Å². The van der Waals surface area contributed by atoms with E-state index in [1.54, 1.807) is 12.1 Å².